The Labute approximate surface area is 154 Å². The Morgan fingerprint density at radius 1 is 1.26 bits per heavy atom. The highest BCUT2D eigenvalue weighted by atomic mass is 16.7. The fourth-order valence-electron chi connectivity index (χ4n) is 2.63. The van der Waals surface area contributed by atoms with Gasteiger partial charge < -0.3 is 14.8 Å². The first kappa shape index (κ1) is 18.3. The number of non-ortho nitro benzene ring substituents is 1. The van der Waals surface area contributed by atoms with Crippen LogP contribution in [0.15, 0.2) is 42.5 Å². The molecule has 2 aromatic rings. The third kappa shape index (κ3) is 4.36. The van der Waals surface area contributed by atoms with Crippen LogP contribution in [0.1, 0.15) is 28.4 Å². The number of nitro benzene ring substituents is 1. The standard InChI is InChI=1S/C19H16N2O6/c1-12(22)13-3-2-4-16(7-13)20-18(23)6-5-14-8-17(21(24)25)9-15-10-26-11-27-19(14)15/h2-9H,10-11H2,1H3,(H,20,23)/b6-5+. The van der Waals surface area contributed by atoms with Crippen molar-refractivity contribution in [2.45, 2.75) is 13.5 Å². The minimum atomic E-state index is -0.514. The Bertz CT molecular complexity index is 951. The molecular formula is C19H16N2O6. The number of nitro groups is 1. The van der Waals surface area contributed by atoms with E-state index in [2.05, 4.69) is 5.32 Å². The van der Waals surface area contributed by atoms with Crippen LogP contribution in [0, 0.1) is 10.1 Å². The Kier molecular flexibility index (Phi) is 5.28. The Morgan fingerprint density at radius 2 is 2.07 bits per heavy atom. The van der Waals surface area contributed by atoms with Gasteiger partial charge in [-0.3, -0.25) is 19.7 Å². The minimum Gasteiger partial charge on any atom is -0.467 e. The highest BCUT2D eigenvalue weighted by Gasteiger charge is 2.19. The molecule has 1 N–H and O–H groups in total. The first-order chi connectivity index (χ1) is 12.9. The van der Waals surface area contributed by atoms with Crippen molar-refractivity contribution in [1.29, 1.82) is 0 Å². The van der Waals surface area contributed by atoms with E-state index in [-0.39, 0.29) is 24.9 Å². The molecule has 138 valence electrons. The van der Waals surface area contributed by atoms with E-state index in [0.717, 1.165) is 0 Å². The second kappa shape index (κ2) is 7.79. The van der Waals surface area contributed by atoms with E-state index in [1.54, 1.807) is 24.3 Å². The summed E-state index contributed by atoms with van der Waals surface area (Å²) in [6.45, 7) is 1.67. The molecule has 0 aliphatic carbocycles. The van der Waals surface area contributed by atoms with Gasteiger partial charge in [0, 0.05) is 40.6 Å². The number of hydrogen-bond acceptors (Lipinski definition) is 6. The number of anilines is 1. The molecule has 0 aromatic heterocycles. The van der Waals surface area contributed by atoms with Gasteiger partial charge in [0.15, 0.2) is 12.6 Å². The van der Waals surface area contributed by atoms with Crippen LogP contribution in [-0.2, 0) is 16.1 Å². The van der Waals surface area contributed by atoms with E-state index in [0.29, 0.717) is 28.1 Å². The molecular weight excluding hydrogens is 352 g/mol. The van der Waals surface area contributed by atoms with Crippen LogP contribution >= 0.6 is 0 Å². The van der Waals surface area contributed by atoms with Crippen LogP contribution < -0.4 is 10.1 Å². The number of hydrogen-bond donors (Lipinski definition) is 1. The normalized spacial score (nSPS) is 12.9. The number of nitrogens with zero attached hydrogens (tertiary/aromatic N) is 1. The van der Waals surface area contributed by atoms with E-state index in [1.165, 1.54) is 31.2 Å². The van der Waals surface area contributed by atoms with Gasteiger partial charge in [0.1, 0.15) is 5.75 Å². The zero-order chi connectivity index (χ0) is 19.4. The molecule has 0 unspecified atom stereocenters. The summed E-state index contributed by atoms with van der Waals surface area (Å²) in [5, 5.41) is 13.7. The molecule has 0 saturated carbocycles. The van der Waals surface area contributed by atoms with Gasteiger partial charge in [-0.25, -0.2) is 0 Å². The smallest absolute Gasteiger partial charge is 0.270 e. The highest BCUT2D eigenvalue weighted by Crippen LogP contribution is 2.33. The van der Waals surface area contributed by atoms with Gasteiger partial charge in [0.25, 0.3) is 5.69 Å². The van der Waals surface area contributed by atoms with Crippen LogP contribution in [0.2, 0.25) is 0 Å². The number of carbonyl (C=O) groups is 2. The molecule has 1 amide bonds. The Hall–Kier alpha value is -3.52. The molecule has 0 radical (unpaired) electrons. The maximum absolute atomic E-state index is 12.2. The molecule has 1 aliphatic heterocycles. The molecule has 1 aliphatic rings. The second-order valence-electron chi connectivity index (χ2n) is 5.85. The topological polar surface area (TPSA) is 108 Å². The zero-order valence-corrected chi connectivity index (χ0v) is 14.4. The summed E-state index contributed by atoms with van der Waals surface area (Å²) in [6, 6.07) is 9.28. The van der Waals surface area contributed by atoms with Crippen LogP contribution in [-0.4, -0.2) is 23.4 Å². The summed E-state index contributed by atoms with van der Waals surface area (Å²) in [4.78, 5) is 34.2. The number of ether oxygens (including phenoxy) is 2. The lowest BCUT2D eigenvalue weighted by Gasteiger charge is -2.19. The van der Waals surface area contributed by atoms with E-state index in [9.17, 15) is 19.7 Å². The summed E-state index contributed by atoms with van der Waals surface area (Å²) >= 11 is 0. The number of benzene rings is 2. The zero-order valence-electron chi connectivity index (χ0n) is 14.4. The third-order valence-electron chi connectivity index (χ3n) is 3.89. The SMILES string of the molecule is CC(=O)c1cccc(NC(=O)/C=C/c2cc([N+](=O)[O-])cc3c2OCOC3)c1. The third-order valence-corrected chi connectivity index (χ3v) is 3.89. The fourth-order valence-corrected chi connectivity index (χ4v) is 2.63. The largest absolute Gasteiger partial charge is 0.467 e. The molecule has 0 bridgehead atoms. The Balaban J connectivity index is 1.82. The highest BCUT2D eigenvalue weighted by molar-refractivity contribution is 6.03. The van der Waals surface area contributed by atoms with Gasteiger partial charge in [-0.1, -0.05) is 12.1 Å². The lowest BCUT2D eigenvalue weighted by Crippen LogP contribution is -2.13. The van der Waals surface area contributed by atoms with Crippen molar-refractivity contribution >= 4 is 29.1 Å². The Morgan fingerprint density at radius 3 is 2.81 bits per heavy atom. The van der Waals surface area contributed by atoms with Crippen molar-refractivity contribution in [2.75, 3.05) is 12.1 Å². The maximum Gasteiger partial charge on any atom is 0.270 e. The summed E-state index contributed by atoms with van der Waals surface area (Å²) in [7, 11) is 0. The number of nitrogens with one attached hydrogen (secondary N) is 1. The predicted octanol–water partition coefficient (Wildman–Crippen LogP) is 3.32. The molecule has 0 spiro atoms. The van der Waals surface area contributed by atoms with Crippen molar-refractivity contribution in [1.82, 2.24) is 0 Å². The molecule has 0 fully saturated rings. The lowest BCUT2D eigenvalue weighted by atomic mass is 10.1. The van der Waals surface area contributed by atoms with Crippen molar-refractivity contribution in [2.24, 2.45) is 0 Å². The molecule has 1 heterocycles. The number of amides is 1. The van der Waals surface area contributed by atoms with Crippen LogP contribution in [0.4, 0.5) is 11.4 Å². The van der Waals surface area contributed by atoms with E-state index >= 15 is 0 Å². The van der Waals surface area contributed by atoms with Crippen molar-refractivity contribution in [3.8, 4) is 5.75 Å². The predicted molar refractivity (Wildman–Crippen MR) is 97.5 cm³/mol. The summed E-state index contributed by atoms with van der Waals surface area (Å²) in [5.74, 6) is -0.0956. The monoisotopic (exact) mass is 368 g/mol. The van der Waals surface area contributed by atoms with Crippen LogP contribution in [0.3, 0.4) is 0 Å². The quantitative estimate of drug-likeness (QED) is 0.375. The second-order valence-corrected chi connectivity index (χ2v) is 5.85. The fraction of sp³-hybridized carbons (Fsp3) is 0.158. The van der Waals surface area contributed by atoms with Gasteiger partial charge >= 0.3 is 0 Å². The molecule has 2 aromatic carbocycles. The number of ketones is 1. The molecule has 0 saturated heterocycles. The molecule has 8 heteroatoms. The van der Waals surface area contributed by atoms with Gasteiger partial charge in [0.2, 0.25) is 5.91 Å². The van der Waals surface area contributed by atoms with Crippen molar-refractivity contribution < 1.29 is 24.0 Å². The average molecular weight is 368 g/mol. The van der Waals surface area contributed by atoms with Crippen LogP contribution in [0.5, 0.6) is 5.75 Å². The van der Waals surface area contributed by atoms with Crippen LogP contribution in [0.25, 0.3) is 6.08 Å². The van der Waals surface area contributed by atoms with Gasteiger partial charge in [-0.05, 0) is 25.1 Å². The number of rotatable bonds is 5. The number of Topliss-reactive ketones (excluding diaryl/α,β-unsaturated/α-hetero) is 1. The minimum absolute atomic E-state index is 0.0374. The van der Waals surface area contributed by atoms with E-state index in [4.69, 9.17) is 9.47 Å². The molecule has 8 nitrogen and oxygen atoms in total. The van der Waals surface area contributed by atoms with Gasteiger partial charge in [0.05, 0.1) is 11.5 Å². The van der Waals surface area contributed by atoms with Crippen molar-refractivity contribution in [3.05, 3.63) is 69.3 Å². The first-order valence-corrected chi connectivity index (χ1v) is 8.06. The summed E-state index contributed by atoms with van der Waals surface area (Å²) < 4.78 is 10.6. The van der Waals surface area contributed by atoms with Crippen molar-refractivity contribution in [3.63, 3.8) is 0 Å². The molecule has 3 rings (SSSR count). The lowest BCUT2D eigenvalue weighted by molar-refractivity contribution is -0.385. The average Bonchev–Trinajstić information content (AvgIpc) is 2.66. The van der Waals surface area contributed by atoms with Gasteiger partial charge in [-0.15, -0.1) is 0 Å². The van der Waals surface area contributed by atoms with E-state index in [1.807, 2.05) is 0 Å². The summed E-state index contributed by atoms with van der Waals surface area (Å²) in [6.07, 6.45) is 2.69. The van der Waals surface area contributed by atoms with E-state index < -0.39 is 10.8 Å². The van der Waals surface area contributed by atoms with Gasteiger partial charge in [-0.2, -0.15) is 0 Å². The summed E-state index contributed by atoms with van der Waals surface area (Å²) in [5.41, 5.74) is 1.80. The number of fused-ring (bicyclic) bond motifs is 1. The maximum atomic E-state index is 12.2. The first-order valence-electron chi connectivity index (χ1n) is 8.06. The number of carbonyl (C=O) groups excluding carboxylic acids is 2. The molecule has 0 atom stereocenters. The molecule has 27 heavy (non-hydrogen) atoms.